The van der Waals surface area contributed by atoms with Gasteiger partial charge in [-0.25, -0.2) is 8.42 Å². The molecule has 0 saturated carbocycles. The fraction of sp³-hybridized carbons (Fsp3) is 0.571. The van der Waals surface area contributed by atoms with Gasteiger partial charge < -0.3 is 14.8 Å². The number of ether oxygens (including phenoxy) is 2. The van der Waals surface area contributed by atoms with E-state index >= 15 is 0 Å². The van der Waals surface area contributed by atoms with Crippen LogP contribution in [0.1, 0.15) is 12.8 Å². The third-order valence-corrected chi connectivity index (χ3v) is 5.71. The second-order valence-electron chi connectivity index (χ2n) is 4.84. The molecule has 1 aromatic carbocycles. The molecule has 0 bridgehead atoms. The van der Waals surface area contributed by atoms with Gasteiger partial charge in [0, 0.05) is 0 Å². The summed E-state index contributed by atoms with van der Waals surface area (Å²) in [5.41, 5.74) is 0. The van der Waals surface area contributed by atoms with Gasteiger partial charge in [-0.15, -0.1) is 0 Å². The van der Waals surface area contributed by atoms with E-state index in [0.717, 1.165) is 18.8 Å². The Kier molecular flexibility index (Phi) is 5.25. The van der Waals surface area contributed by atoms with E-state index in [4.69, 9.17) is 9.47 Å². The summed E-state index contributed by atoms with van der Waals surface area (Å²) in [6, 6.07) is 7.12. The SMILES string of the molecule is COc1ccc(OCCS(=O)(=O)C2CCNCC2)cc1. The summed E-state index contributed by atoms with van der Waals surface area (Å²) in [6.45, 7) is 1.76. The van der Waals surface area contributed by atoms with Gasteiger partial charge in [-0.1, -0.05) is 0 Å². The standard InChI is InChI=1S/C14H21NO4S/c1-18-12-2-4-13(5-3-12)19-10-11-20(16,17)14-6-8-15-9-7-14/h2-5,14-15H,6-11H2,1H3. The molecule has 0 spiro atoms. The smallest absolute Gasteiger partial charge is 0.156 e. The first-order valence-electron chi connectivity index (χ1n) is 6.81. The van der Waals surface area contributed by atoms with Crippen molar-refractivity contribution in [1.29, 1.82) is 0 Å². The van der Waals surface area contributed by atoms with Crippen molar-refractivity contribution in [1.82, 2.24) is 5.32 Å². The van der Waals surface area contributed by atoms with E-state index in [9.17, 15) is 8.42 Å². The molecule has 1 aliphatic rings. The Morgan fingerprint density at radius 1 is 1.15 bits per heavy atom. The fourth-order valence-corrected chi connectivity index (χ4v) is 3.87. The van der Waals surface area contributed by atoms with Crippen LogP contribution in [-0.4, -0.2) is 46.2 Å². The minimum atomic E-state index is -3.06. The Hall–Kier alpha value is -1.27. The lowest BCUT2D eigenvalue weighted by atomic mass is 10.2. The highest BCUT2D eigenvalue weighted by molar-refractivity contribution is 7.92. The molecule has 0 aliphatic carbocycles. The molecular weight excluding hydrogens is 278 g/mol. The molecule has 1 aromatic rings. The highest BCUT2D eigenvalue weighted by Crippen LogP contribution is 2.18. The molecule has 0 amide bonds. The number of nitrogens with one attached hydrogen (secondary N) is 1. The molecule has 0 radical (unpaired) electrons. The van der Waals surface area contributed by atoms with Crippen molar-refractivity contribution in [2.24, 2.45) is 0 Å². The molecule has 6 heteroatoms. The van der Waals surface area contributed by atoms with Crippen molar-refractivity contribution < 1.29 is 17.9 Å². The number of hydrogen-bond acceptors (Lipinski definition) is 5. The van der Waals surface area contributed by atoms with Gasteiger partial charge >= 0.3 is 0 Å². The summed E-state index contributed by atoms with van der Waals surface area (Å²) in [5.74, 6) is 1.48. The summed E-state index contributed by atoms with van der Waals surface area (Å²) < 4.78 is 34.8. The minimum Gasteiger partial charge on any atom is -0.497 e. The molecule has 1 saturated heterocycles. The van der Waals surface area contributed by atoms with Gasteiger partial charge in [0.05, 0.1) is 18.1 Å². The van der Waals surface area contributed by atoms with Gasteiger partial charge in [0.2, 0.25) is 0 Å². The Morgan fingerprint density at radius 3 is 2.35 bits per heavy atom. The zero-order valence-electron chi connectivity index (χ0n) is 11.7. The normalized spacial score (nSPS) is 16.9. The van der Waals surface area contributed by atoms with Crippen LogP contribution in [0.25, 0.3) is 0 Å². The summed E-state index contributed by atoms with van der Waals surface area (Å²) in [6.07, 6.45) is 1.40. The summed E-state index contributed by atoms with van der Waals surface area (Å²) in [5, 5.41) is 2.95. The average molecular weight is 299 g/mol. The second kappa shape index (κ2) is 6.95. The van der Waals surface area contributed by atoms with E-state index in [-0.39, 0.29) is 17.6 Å². The zero-order valence-corrected chi connectivity index (χ0v) is 12.5. The maximum Gasteiger partial charge on any atom is 0.156 e. The molecule has 20 heavy (non-hydrogen) atoms. The Balaban J connectivity index is 1.81. The van der Waals surface area contributed by atoms with E-state index in [1.54, 1.807) is 31.4 Å². The second-order valence-corrected chi connectivity index (χ2v) is 7.24. The van der Waals surface area contributed by atoms with Crippen LogP contribution in [0.3, 0.4) is 0 Å². The van der Waals surface area contributed by atoms with Crippen molar-refractivity contribution in [2.75, 3.05) is 32.6 Å². The van der Waals surface area contributed by atoms with Crippen LogP contribution in [-0.2, 0) is 9.84 Å². The van der Waals surface area contributed by atoms with Crippen LogP contribution in [0.4, 0.5) is 0 Å². The summed E-state index contributed by atoms with van der Waals surface area (Å²) in [7, 11) is -1.46. The predicted molar refractivity (Wildman–Crippen MR) is 78.2 cm³/mol. The molecule has 0 aromatic heterocycles. The van der Waals surface area contributed by atoms with Crippen LogP contribution in [0.2, 0.25) is 0 Å². The number of benzene rings is 1. The van der Waals surface area contributed by atoms with Crippen LogP contribution in [0, 0.1) is 0 Å². The van der Waals surface area contributed by atoms with Crippen LogP contribution in [0.15, 0.2) is 24.3 Å². The third-order valence-electron chi connectivity index (χ3n) is 3.49. The van der Waals surface area contributed by atoms with Crippen LogP contribution in [0.5, 0.6) is 11.5 Å². The van der Waals surface area contributed by atoms with Gasteiger partial charge in [0.15, 0.2) is 9.84 Å². The number of piperidine rings is 1. The lowest BCUT2D eigenvalue weighted by molar-refractivity contribution is 0.338. The van der Waals surface area contributed by atoms with Gasteiger partial charge in [0.25, 0.3) is 0 Å². The molecule has 112 valence electrons. The summed E-state index contributed by atoms with van der Waals surface area (Å²) in [4.78, 5) is 0. The Morgan fingerprint density at radius 2 is 1.75 bits per heavy atom. The number of hydrogen-bond donors (Lipinski definition) is 1. The van der Waals surface area contributed by atoms with Gasteiger partial charge in [0.1, 0.15) is 18.1 Å². The molecule has 0 atom stereocenters. The summed E-state index contributed by atoms with van der Waals surface area (Å²) >= 11 is 0. The molecule has 0 unspecified atom stereocenters. The number of sulfone groups is 1. The molecule has 1 aliphatic heterocycles. The van der Waals surface area contributed by atoms with Crippen LogP contribution >= 0.6 is 0 Å². The lowest BCUT2D eigenvalue weighted by Gasteiger charge is -2.22. The van der Waals surface area contributed by atoms with Crippen molar-refractivity contribution >= 4 is 9.84 Å². The average Bonchev–Trinajstić information content (AvgIpc) is 2.49. The van der Waals surface area contributed by atoms with Gasteiger partial charge in [-0.2, -0.15) is 0 Å². The molecule has 1 N–H and O–H groups in total. The predicted octanol–water partition coefficient (Wildman–Crippen LogP) is 1.24. The number of methoxy groups -OCH3 is 1. The van der Waals surface area contributed by atoms with Crippen molar-refractivity contribution in [3.8, 4) is 11.5 Å². The van der Waals surface area contributed by atoms with Crippen molar-refractivity contribution in [3.63, 3.8) is 0 Å². The first-order chi connectivity index (χ1) is 9.62. The highest BCUT2D eigenvalue weighted by atomic mass is 32.2. The van der Waals surface area contributed by atoms with Crippen molar-refractivity contribution in [2.45, 2.75) is 18.1 Å². The maximum atomic E-state index is 12.1. The molecule has 5 nitrogen and oxygen atoms in total. The van der Waals surface area contributed by atoms with E-state index in [1.807, 2.05) is 0 Å². The first-order valence-corrected chi connectivity index (χ1v) is 8.52. The first kappa shape index (κ1) is 15.1. The fourth-order valence-electron chi connectivity index (χ4n) is 2.27. The van der Waals surface area contributed by atoms with E-state index < -0.39 is 9.84 Å². The third kappa shape index (κ3) is 4.11. The highest BCUT2D eigenvalue weighted by Gasteiger charge is 2.26. The van der Waals surface area contributed by atoms with E-state index in [2.05, 4.69) is 5.32 Å². The monoisotopic (exact) mass is 299 g/mol. The molecule has 1 fully saturated rings. The van der Waals surface area contributed by atoms with Gasteiger partial charge in [-0.05, 0) is 50.2 Å². The van der Waals surface area contributed by atoms with Crippen LogP contribution < -0.4 is 14.8 Å². The van der Waals surface area contributed by atoms with Gasteiger partial charge in [-0.3, -0.25) is 0 Å². The Labute approximate surface area is 120 Å². The largest absolute Gasteiger partial charge is 0.497 e. The lowest BCUT2D eigenvalue weighted by Crippen LogP contribution is -2.37. The Bertz CT molecular complexity index is 506. The van der Waals surface area contributed by atoms with E-state index in [1.165, 1.54) is 0 Å². The molecular formula is C14H21NO4S. The van der Waals surface area contributed by atoms with E-state index in [0.29, 0.717) is 18.6 Å². The molecule has 1 heterocycles. The quantitative estimate of drug-likeness (QED) is 0.856. The molecule has 2 rings (SSSR count). The minimum absolute atomic E-state index is 0.0731. The number of rotatable bonds is 6. The topological polar surface area (TPSA) is 64.6 Å². The van der Waals surface area contributed by atoms with Crippen molar-refractivity contribution in [3.05, 3.63) is 24.3 Å². The zero-order chi connectivity index (χ0) is 14.4. The maximum absolute atomic E-state index is 12.1.